The highest BCUT2D eigenvalue weighted by Crippen LogP contribution is 2.27. The summed E-state index contributed by atoms with van der Waals surface area (Å²) in [5, 5.41) is 17.5. The number of carbonyl (C=O) groups is 2. The summed E-state index contributed by atoms with van der Waals surface area (Å²) in [4.78, 5) is 31.9. The number of aromatic nitrogens is 7. The number of nitrogens with zero attached hydrogens (tertiary/aromatic N) is 7. The van der Waals surface area contributed by atoms with Crippen LogP contribution >= 0.6 is 23.2 Å². The third-order valence-electron chi connectivity index (χ3n) is 6.53. The first-order chi connectivity index (χ1) is 20.0. The van der Waals surface area contributed by atoms with Crippen molar-refractivity contribution in [2.75, 3.05) is 13.2 Å². The van der Waals surface area contributed by atoms with Gasteiger partial charge in [-0.3, -0.25) is 9.59 Å². The lowest BCUT2D eigenvalue weighted by molar-refractivity contribution is -0.145. The first-order valence-electron chi connectivity index (χ1n) is 12.8. The van der Waals surface area contributed by atoms with Gasteiger partial charge in [-0.2, -0.15) is 23.1 Å². The summed E-state index contributed by atoms with van der Waals surface area (Å²) >= 11 is 12.6. The maximum atomic E-state index is 13.8. The van der Waals surface area contributed by atoms with Crippen LogP contribution in [0.15, 0.2) is 36.5 Å². The lowest BCUT2D eigenvalue weighted by Gasteiger charge is -2.15. The molecule has 1 aliphatic heterocycles. The van der Waals surface area contributed by atoms with Crippen LogP contribution in [0.25, 0.3) is 5.82 Å². The number of halogens is 5. The zero-order chi connectivity index (χ0) is 30.0. The molecule has 1 atom stereocenters. The van der Waals surface area contributed by atoms with Gasteiger partial charge in [0.25, 0.3) is 11.7 Å². The minimum absolute atomic E-state index is 0.0295. The number of aryl methyl sites for hydroxylation is 1. The van der Waals surface area contributed by atoms with Crippen LogP contribution in [0.2, 0.25) is 10.0 Å². The number of ketones is 1. The minimum Gasteiger partial charge on any atom is -0.376 e. The summed E-state index contributed by atoms with van der Waals surface area (Å²) in [5.41, 5.74) is 1.48. The Kier molecular flexibility index (Phi) is 8.57. The molecule has 0 aliphatic carbocycles. The molecule has 4 aromatic rings. The predicted molar refractivity (Wildman–Crippen MR) is 144 cm³/mol. The molecule has 11 nitrogen and oxygen atoms in total. The van der Waals surface area contributed by atoms with Crippen molar-refractivity contribution in [1.29, 1.82) is 0 Å². The van der Waals surface area contributed by atoms with Gasteiger partial charge in [0.1, 0.15) is 12.2 Å². The molecule has 1 fully saturated rings. The second-order valence-corrected chi connectivity index (χ2v) is 10.4. The summed E-state index contributed by atoms with van der Waals surface area (Å²) < 4.78 is 45.6. The van der Waals surface area contributed by atoms with Crippen molar-refractivity contribution < 1.29 is 27.5 Å². The lowest BCUT2D eigenvalue weighted by Crippen LogP contribution is -2.32. The number of Topliss-reactive ketones (excluding diaryl/α,β-unsaturated/α-hetero) is 1. The Morgan fingerprint density at radius 2 is 2.00 bits per heavy atom. The van der Waals surface area contributed by atoms with E-state index in [4.69, 9.17) is 27.9 Å². The van der Waals surface area contributed by atoms with Crippen molar-refractivity contribution >= 4 is 34.9 Å². The standard InChI is InChI=1S/C26H23Cl2F3N8O3/c1-14-8-15(27)9-19(24(41)33-12-17-4-3-7-42-17)18(14)11-22(40)21-10-16(13-38-36-25(34-37-38)26(29,30)31)35-39(21)23-20(28)5-2-6-32-23/h2,5-6,8-10,17H,3-4,7,11-13H2,1H3,(H,33,41). The van der Waals surface area contributed by atoms with Gasteiger partial charge < -0.3 is 10.1 Å². The van der Waals surface area contributed by atoms with Crippen molar-refractivity contribution in [2.45, 2.75) is 45.0 Å². The third-order valence-corrected chi connectivity index (χ3v) is 7.04. The van der Waals surface area contributed by atoms with Gasteiger partial charge in [-0.05, 0) is 66.4 Å². The van der Waals surface area contributed by atoms with E-state index in [1.807, 2.05) is 0 Å². The molecule has 3 aromatic heterocycles. The van der Waals surface area contributed by atoms with Crippen LogP contribution in [-0.4, -0.2) is 65.9 Å². The van der Waals surface area contributed by atoms with Crippen LogP contribution in [-0.2, 0) is 23.9 Å². The minimum atomic E-state index is -4.77. The molecule has 220 valence electrons. The number of ether oxygens (including phenoxy) is 1. The zero-order valence-electron chi connectivity index (χ0n) is 22.0. The van der Waals surface area contributed by atoms with Crippen molar-refractivity contribution in [3.8, 4) is 5.82 Å². The van der Waals surface area contributed by atoms with E-state index in [0.29, 0.717) is 34.1 Å². The number of tetrazole rings is 1. The van der Waals surface area contributed by atoms with E-state index in [0.717, 1.165) is 12.8 Å². The lowest BCUT2D eigenvalue weighted by atomic mass is 9.95. The molecule has 4 heterocycles. The molecule has 5 rings (SSSR count). The van der Waals surface area contributed by atoms with Crippen LogP contribution in [0.4, 0.5) is 13.2 Å². The SMILES string of the molecule is Cc1cc(Cl)cc(C(=O)NCC2CCCO2)c1CC(=O)c1cc(Cn2nnc(C(F)(F)F)n2)nn1-c1ncccc1Cl. The number of benzene rings is 1. The van der Waals surface area contributed by atoms with Gasteiger partial charge >= 0.3 is 6.18 Å². The first kappa shape index (κ1) is 29.6. The molecule has 0 spiro atoms. The molecule has 1 aromatic carbocycles. The summed E-state index contributed by atoms with van der Waals surface area (Å²) in [6, 6.07) is 7.66. The Balaban J connectivity index is 1.46. The first-order valence-corrected chi connectivity index (χ1v) is 13.5. The van der Waals surface area contributed by atoms with E-state index in [-0.39, 0.29) is 46.9 Å². The third kappa shape index (κ3) is 6.61. The average molecular weight is 623 g/mol. The van der Waals surface area contributed by atoms with Gasteiger partial charge in [-0.15, -0.1) is 10.2 Å². The number of alkyl halides is 3. The smallest absolute Gasteiger partial charge is 0.376 e. The fourth-order valence-corrected chi connectivity index (χ4v) is 5.01. The van der Waals surface area contributed by atoms with E-state index >= 15 is 0 Å². The Morgan fingerprint density at radius 3 is 2.69 bits per heavy atom. The van der Waals surface area contributed by atoms with Crippen molar-refractivity contribution in [1.82, 2.24) is 40.3 Å². The molecular formula is C26H23Cl2F3N8O3. The van der Waals surface area contributed by atoms with Gasteiger partial charge in [0.2, 0.25) is 0 Å². The highest BCUT2D eigenvalue weighted by atomic mass is 35.5. The van der Waals surface area contributed by atoms with Gasteiger partial charge in [0, 0.05) is 36.4 Å². The molecule has 0 bridgehead atoms. The molecule has 0 radical (unpaired) electrons. The van der Waals surface area contributed by atoms with Crippen molar-refractivity contribution in [2.24, 2.45) is 0 Å². The van der Waals surface area contributed by atoms with E-state index in [9.17, 15) is 22.8 Å². The highest BCUT2D eigenvalue weighted by Gasteiger charge is 2.37. The van der Waals surface area contributed by atoms with Crippen LogP contribution in [0, 0.1) is 6.92 Å². The fraction of sp³-hybridized carbons (Fsp3) is 0.346. The Labute approximate surface area is 247 Å². The van der Waals surface area contributed by atoms with Crippen LogP contribution in [0.3, 0.4) is 0 Å². The fourth-order valence-electron chi connectivity index (χ4n) is 4.54. The molecular weight excluding hydrogens is 600 g/mol. The molecule has 1 unspecified atom stereocenters. The summed E-state index contributed by atoms with van der Waals surface area (Å²) in [7, 11) is 0. The molecule has 1 amide bonds. The predicted octanol–water partition coefficient (Wildman–Crippen LogP) is 4.27. The van der Waals surface area contributed by atoms with E-state index < -0.39 is 23.7 Å². The van der Waals surface area contributed by atoms with E-state index in [1.54, 1.807) is 25.1 Å². The van der Waals surface area contributed by atoms with Crippen LogP contribution < -0.4 is 5.32 Å². The summed E-state index contributed by atoms with van der Waals surface area (Å²) in [6.45, 7) is 2.37. The normalized spacial score (nSPS) is 15.2. The van der Waals surface area contributed by atoms with E-state index in [2.05, 4.69) is 30.8 Å². The summed E-state index contributed by atoms with van der Waals surface area (Å²) in [5.74, 6) is -2.15. The average Bonchev–Trinajstić information content (AvgIpc) is 3.70. The van der Waals surface area contributed by atoms with E-state index in [1.165, 1.54) is 23.0 Å². The molecule has 42 heavy (non-hydrogen) atoms. The van der Waals surface area contributed by atoms with Crippen LogP contribution in [0.1, 0.15) is 56.3 Å². The number of hydrogen-bond acceptors (Lipinski definition) is 8. The van der Waals surface area contributed by atoms with Crippen molar-refractivity contribution in [3.63, 3.8) is 0 Å². The van der Waals surface area contributed by atoms with Gasteiger partial charge in [-0.25, -0.2) is 9.67 Å². The van der Waals surface area contributed by atoms with Crippen molar-refractivity contribution in [3.05, 3.63) is 80.5 Å². The largest absolute Gasteiger partial charge is 0.455 e. The number of carbonyl (C=O) groups excluding carboxylic acids is 2. The number of hydrogen-bond donors (Lipinski definition) is 1. The monoisotopic (exact) mass is 622 g/mol. The quantitative estimate of drug-likeness (QED) is 0.274. The summed E-state index contributed by atoms with van der Waals surface area (Å²) in [6.07, 6.45) is -1.87. The maximum Gasteiger partial charge on any atom is 0.455 e. The topological polar surface area (TPSA) is 130 Å². The number of nitrogens with one attached hydrogen (secondary N) is 1. The molecule has 1 aliphatic rings. The van der Waals surface area contributed by atoms with Crippen LogP contribution in [0.5, 0.6) is 0 Å². The Morgan fingerprint density at radius 1 is 1.19 bits per heavy atom. The number of amides is 1. The molecule has 1 saturated heterocycles. The van der Waals surface area contributed by atoms with Gasteiger partial charge in [-0.1, -0.05) is 23.2 Å². The Hall–Kier alpha value is -3.88. The molecule has 16 heteroatoms. The second kappa shape index (κ2) is 12.2. The highest BCUT2D eigenvalue weighted by molar-refractivity contribution is 6.32. The van der Waals surface area contributed by atoms with Gasteiger partial charge in [0.05, 0.1) is 16.8 Å². The Bertz CT molecular complexity index is 1630. The molecule has 1 N–H and O–H groups in total. The van der Waals surface area contributed by atoms with Gasteiger partial charge in [0.15, 0.2) is 11.6 Å². The molecule has 0 saturated carbocycles. The maximum absolute atomic E-state index is 13.8. The number of rotatable bonds is 9. The number of pyridine rings is 1. The second-order valence-electron chi connectivity index (χ2n) is 9.58. The zero-order valence-corrected chi connectivity index (χ0v) is 23.5.